The first kappa shape index (κ1) is 10.4. The molecule has 0 saturated carbocycles. The predicted octanol–water partition coefficient (Wildman–Crippen LogP) is 2.16. The van der Waals surface area contributed by atoms with E-state index in [2.05, 4.69) is 22.4 Å². The van der Waals surface area contributed by atoms with E-state index in [9.17, 15) is 0 Å². The van der Waals surface area contributed by atoms with E-state index in [1.165, 1.54) is 12.8 Å². The molecule has 4 nitrogen and oxygen atoms in total. The van der Waals surface area contributed by atoms with Crippen molar-refractivity contribution in [3.63, 3.8) is 0 Å². The van der Waals surface area contributed by atoms with Crippen molar-refractivity contribution in [2.24, 2.45) is 0 Å². The number of aromatic nitrogens is 4. The van der Waals surface area contributed by atoms with Crippen LogP contribution in [0.3, 0.4) is 0 Å². The van der Waals surface area contributed by atoms with Gasteiger partial charge in [-0.2, -0.15) is 0 Å². The van der Waals surface area contributed by atoms with E-state index in [1.807, 2.05) is 6.92 Å². The zero-order valence-electron chi connectivity index (χ0n) is 8.07. The number of halogens is 1. The van der Waals surface area contributed by atoms with E-state index in [0.717, 1.165) is 18.8 Å². The standard InChI is InChI=1S/C8H15ClN4/c1-3-4-5-6-13-8(7(2)9)10-11-12-13/h7H,3-6H2,1-2H3. The molecule has 0 aliphatic rings. The van der Waals surface area contributed by atoms with Gasteiger partial charge in [-0.25, -0.2) is 4.68 Å². The van der Waals surface area contributed by atoms with Gasteiger partial charge in [-0.15, -0.1) is 16.7 Å². The van der Waals surface area contributed by atoms with E-state index < -0.39 is 0 Å². The van der Waals surface area contributed by atoms with Crippen LogP contribution in [0.15, 0.2) is 0 Å². The number of nitrogens with zero attached hydrogens (tertiary/aromatic N) is 4. The van der Waals surface area contributed by atoms with Crippen LogP contribution < -0.4 is 0 Å². The zero-order valence-corrected chi connectivity index (χ0v) is 8.83. The molecule has 0 aliphatic carbocycles. The Morgan fingerprint density at radius 1 is 1.46 bits per heavy atom. The lowest BCUT2D eigenvalue weighted by atomic mass is 10.2. The van der Waals surface area contributed by atoms with E-state index in [4.69, 9.17) is 11.6 Å². The predicted molar refractivity (Wildman–Crippen MR) is 51.6 cm³/mol. The summed E-state index contributed by atoms with van der Waals surface area (Å²) in [4.78, 5) is 0. The van der Waals surface area contributed by atoms with Gasteiger partial charge >= 0.3 is 0 Å². The van der Waals surface area contributed by atoms with Gasteiger partial charge in [0.1, 0.15) is 0 Å². The Hall–Kier alpha value is -0.640. The minimum atomic E-state index is -0.114. The number of tetrazole rings is 1. The van der Waals surface area contributed by atoms with Gasteiger partial charge < -0.3 is 0 Å². The molecule has 0 aromatic carbocycles. The van der Waals surface area contributed by atoms with Gasteiger partial charge in [-0.3, -0.25) is 0 Å². The number of rotatable bonds is 5. The summed E-state index contributed by atoms with van der Waals surface area (Å²) in [5, 5.41) is 11.2. The van der Waals surface area contributed by atoms with Gasteiger partial charge in [0, 0.05) is 6.54 Å². The van der Waals surface area contributed by atoms with Crippen molar-refractivity contribution in [1.82, 2.24) is 20.2 Å². The van der Waals surface area contributed by atoms with Gasteiger partial charge in [0.05, 0.1) is 5.38 Å². The third kappa shape index (κ3) is 2.95. The van der Waals surface area contributed by atoms with Gasteiger partial charge in [0.15, 0.2) is 5.82 Å². The Balaban J connectivity index is 2.50. The molecule has 0 radical (unpaired) electrons. The summed E-state index contributed by atoms with van der Waals surface area (Å²) in [7, 11) is 0. The quantitative estimate of drug-likeness (QED) is 0.543. The molecule has 0 amide bonds. The fourth-order valence-electron chi connectivity index (χ4n) is 1.17. The van der Waals surface area contributed by atoms with Crippen LogP contribution in [-0.2, 0) is 6.54 Å². The summed E-state index contributed by atoms with van der Waals surface area (Å²) in [6.07, 6.45) is 3.52. The van der Waals surface area contributed by atoms with Crippen LogP contribution in [0.1, 0.15) is 44.3 Å². The lowest BCUT2D eigenvalue weighted by molar-refractivity contribution is 0.519. The fourth-order valence-corrected chi connectivity index (χ4v) is 1.32. The first-order valence-electron chi connectivity index (χ1n) is 4.65. The first-order chi connectivity index (χ1) is 6.25. The maximum atomic E-state index is 5.90. The Morgan fingerprint density at radius 2 is 2.23 bits per heavy atom. The van der Waals surface area contributed by atoms with Crippen molar-refractivity contribution in [3.8, 4) is 0 Å². The van der Waals surface area contributed by atoms with Crippen LogP contribution in [-0.4, -0.2) is 20.2 Å². The fraction of sp³-hybridized carbons (Fsp3) is 0.875. The molecular weight excluding hydrogens is 188 g/mol. The summed E-state index contributed by atoms with van der Waals surface area (Å²) < 4.78 is 1.79. The number of unbranched alkanes of at least 4 members (excludes halogenated alkanes) is 2. The molecule has 1 aromatic rings. The van der Waals surface area contributed by atoms with Crippen molar-refractivity contribution < 1.29 is 0 Å². The monoisotopic (exact) mass is 202 g/mol. The smallest absolute Gasteiger partial charge is 0.168 e. The average molecular weight is 203 g/mol. The molecule has 1 aromatic heterocycles. The Bertz CT molecular complexity index is 246. The second-order valence-corrected chi connectivity index (χ2v) is 3.74. The second kappa shape index (κ2) is 5.17. The van der Waals surface area contributed by atoms with Crippen LogP contribution in [0, 0.1) is 0 Å². The van der Waals surface area contributed by atoms with Gasteiger partial charge in [0.25, 0.3) is 0 Å². The first-order valence-corrected chi connectivity index (χ1v) is 5.09. The van der Waals surface area contributed by atoms with Gasteiger partial charge in [0.2, 0.25) is 0 Å². The van der Waals surface area contributed by atoms with Crippen LogP contribution in [0.2, 0.25) is 0 Å². The second-order valence-electron chi connectivity index (χ2n) is 3.08. The molecule has 1 atom stereocenters. The third-order valence-electron chi connectivity index (χ3n) is 1.89. The number of hydrogen-bond acceptors (Lipinski definition) is 3. The SMILES string of the molecule is CCCCCn1nnnc1C(C)Cl. The number of hydrogen-bond donors (Lipinski definition) is 0. The Morgan fingerprint density at radius 3 is 2.85 bits per heavy atom. The summed E-state index contributed by atoms with van der Waals surface area (Å²) in [6.45, 7) is 4.92. The maximum Gasteiger partial charge on any atom is 0.168 e. The number of alkyl halides is 1. The van der Waals surface area contributed by atoms with Crippen molar-refractivity contribution in [2.75, 3.05) is 0 Å². The summed E-state index contributed by atoms with van der Waals surface area (Å²) >= 11 is 5.90. The van der Waals surface area contributed by atoms with E-state index >= 15 is 0 Å². The average Bonchev–Trinajstić information content (AvgIpc) is 2.53. The van der Waals surface area contributed by atoms with Crippen molar-refractivity contribution in [2.45, 2.75) is 45.0 Å². The Kier molecular flexibility index (Phi) is 4.15. The molecule has 1 unspecified atom stereocenters. The minimum Gasteiger partial charge on any atom is -0.228 e. The molecule has 0 saturated heterocycles. The molecular formula is C8H15ClN4. The molecule has 13 heavy (non-hydrogen) atoms. The highest BCUT2D eigenvalue weighted by atomic mass is 35.5. The zero-order chi connectivity index (χ0) is 9.68. The van der Waals surface area contributed by atoms with Crippen LogP contribution >= 0.6 is 11.6 Å². The minimum absolute atomic E-state index is 0.114. The molecule has 0 aliphatic heterocycles. The van der Waals surface area contributed by atoms with E-state index in [-0.39, 0.29) is 5.38 Å². The van der Waals surface area contributed by atoms with Gasteiger partial charge in [-0.1, -0.05) is 19.8 Å². The van der Waals surface area contributed by atoms with Gasteiger partial charge in [-0.05, 0) is 23.8 Å². The molecule has 1 rings (SSSR count). The van der Waals surface area contributed by atoms with Crippen LogP contribution in [0.25, 0.3) is 0 Å². The molecule has 0 bridgehead atoms. The van der Waals surface area contributed by atoms with Crippen molar-refractivity contribution in [1.29, 1.82) is 0 Å². The van der Waals surface area contributed by atoms with E-state index in [0.29, 0.717) is 0 Å². The normalized spacial score (nSPS) is 13.2. The highest BCUT2D eigenvalue weighted by Crippen LogP contribution is 2.15. The molecule has 0 spiro atoms. The third-order valence-corrected chi connectivity index (χ3v) is 2.08. The maximum absolute atomic E-state index is 5.90. The summed E-state index contributed by atoms with van der Waals surface area (Å²) in [6, 6.07) is 0. The summed E-state index contributed by atoms with van der Waals surface area (Å²) in [5.74, 6) is 0.762. The molecule has 1 heterocycles. The Labute approximate surface area is 83.3 Å². The van der Waals surface area contributed by atoms with E-state index in [1.54, 1.807) is 4.68 Å². The van der Waals surface area contributed by atoms with Crippen LogP contribution in [0.4, 0.5) is 0 Å². The van der Waals surface area contributed by atoms with Crippen molar-refractivity contribution >= 4 is 11.6 Å². The summed E-state index contributed by atoms with van der Waals surface area (Å²) in [5.41, 5.74) is 0. The van der Waals surface area contributed by atoms with Crippen LogP contribution in [0.5, 0.6) is 0 Å². The largest absolute Gasteiger partial charge is 0.228 e. The molecule has 0 fully saturated rings. The highest BCUT2D eigenvalue weighted by molar-refractivity contribution is 6.20. The highest BCUT2D eigenvalue weighted by Gasteiger charge is 2.10. The lowest BCUT2D eigenvalue weighted by Gasteiger charge is -2.04. The molecule has 0 N–H and O–H groups in total. The topological polar surface area (TPSA) is 43.6 Å². The molecule has 5 heteroatoms. The number of aryl methyl sites for hydroxylation is 1. The molecule has 74 valence electrons. The van der Waals surface area contributed by atoms with Crippen molar-refractivity contribution in [3.05, 3.63) is 5.82 Å². The lowest BCUT2D eigenvalue weighted by Crippen LogP contribution is -2.06.